The van der Waals surface area contributed by atoms with Crippen molar-refractivity contribution < 1.29 is 38.3 Å². The summed E-state index contributed by atoms with van der Waals surface area (Å²) < 4.78 is 5.57. The predicted molar refractivity (Wildman–Crippen MR) is 199 cm³/mol. The number of Topliss-reactive ketones (excluding diaryl/α,β-unsaturated/α-hetero) is 1. The fraction of sp³-hybridized carbons (Fsp3) is 0.667. The van der Waals surface area contributed by atoms with Gasteiger partial charge in [0.15, 0.2) is 0 Å². The number of amides is 6. The molecule has 0 spiro atoms. The van der Waals surface area contributed by atoms with Crippen LogP contribution in [0.15, 0.2) is 30.3 Å². The number of likely N-dealkylation sites (N-methyl/N-ethyl adjacent to an activating group) is 1. The van der Waals surface area contributed by atoms with Crippen molar-refractivity contribution in [1.29, 1.82) is 0 Å². The second-order valence-electron chi connectivity index (χ2n) is 15.8. The highest BCUT2D eigenvalue weighted by Gasteiger charge is 2.47. The van der Waals surface area contributed by atoms with Gasteiger partial charge in [0.1, 0.15) is 24.2 Å². The van der Waals surface area contributed by atoms with E-state index in [2.05, 4.69) is 21.3 Å². The summed E-state index contributed by atoms with van der Waals surface area (Å²) in [4.78, 5) is 96.2. The van der Waals surface area contributed by atoms with E-state index in [1.807, 2.05) is 27.7 Å². The number of benzene rings is 1. The Morgan fingerprint density at radius 2 is 1.57 bits per heavy atom. The number of likely N-dealkylation sites (tertiary alicyclic amines) is 1. The number of rotatable bonds is 16. The van der Waals surface area contributed by atoms with Crippen molar-refractivity contribution in [3.8, 4) is 0 Å². The molecule has 1 saturated carbocycles. The topological polar surface area (TPSA) is 183 Å². The fourth-order valence-electron chi connectivity index (χ4n) is 6.86. The number of ether oxygens (including phenoxy) is 1. The van der Waals surface area contributed by atoms with Crippen LogP contribution in [0.3, 0.4) is 0 Å². The Hall–Kier alpha value is -4.49. The number of ketones is 1. The first-order chi connectivity index (χ1) is 24.9. The molecule has 1 aliphatic heterocycles. The number of hydrogen-bond donors (Lipinski definition) is 4. The zero-order valence-electron chi connectivity index (χ0n) is 32.7. The number of nitrogens with zero attached hydrogens (tertiary/aromatic N) is 2. The van der Waals surface area contributed by atoms with Gasteiger partial charge in [-0.05, 0) is 55.4 Å². The van der Waals surface area contributed by atoms with Crippen LogP contribution in [-0.4, -0.2) is 103 Å². The lowest BCUT2D eigenvalue weighted by Crippen LogP contribution is -2.58. The molecule has 14 heteroatoms. The molecular formula is C39H60N6O8. The summed E-state index contributed by atoms with van der Waals surface area (Å²) in [6.07, 6.45) is 4.28. The van der Waals surface area contributed by atoms with Gasteiger partial charge in [-0.2, -0.15) is 0 Å². The number of carbonyl (C=O) groups is 7. The van der Waals surface area contributed by atoms with Crippen molar-refractivity contribution in [2.45, 2.75) is 123 Å². The maximum Gasteiger partial charge on any atom is 0.408 e. The van der Waals surface area contributed by atoms with Gasteiger partial charge in [0.05, 0.1) is 12.6 Å². The van der Waals surface area contributed by atoms with Crippen LogP contribution in [0.1, 0.15) is 105 Å². The number of hydrogen-bond acceptors (Lipinski definition) is 8. The number of carbonyl (C=O) groups excluding carboxylic acids is 7. The van der Waals surface area contributed by atoms with E-state index >= 15 is 0 Å². The molecule has 2 unspecified atom stereocenters. The summed E-state index contributed by atoms with van der Waals surface area (Å²) in [6.45, 7) is 11.1. The quantitative estimate of drug-likeness (QED) is 0.186. The Kier molecular flexibility index (Phi) is 15.8. The number of nitrogens with one attached hydrogen (secondary N) is 4. The molecule has 5 atom stereocenters. The van der Waals surface area contributed by atoms with Gasteiger partial charge in [-0.3, -0.25) is 28.8 Å². The average molecular weight is 741 g/mol. The van der Waals surface area contributed by atoms with Crippen LogP contribution in [-0.2, 0) is 33.5 Å². The van der Waals surface area contributed by atoms with Gasteiger partial charge in [-0.25, -0.2) is 4.79 Å². The smallest absolute Gasteiger partial charge is 0.408 e. The van der Waals surface area contributed by atoms with Gasteiger partial charge in [0.2, 0.25) is 29.4 Å². The molecule has 294 valence electrons. The molecule has 1 aromatic carbocycles. The van der Waals surface area contributed by atoms with Gasteiger partial charge in [0.25, 0.3) is 5.91 Å². The van der Waals surface area contributed by atoms with Crippen LogP contribution in [0.25, 0.3) is 0 Å². The summed E-state index contributed by atoms with van der Waals surface area (Å²) in [5, 5.41) is 10.5. The Labute approximate surface area is 313 Å². The molecule has 1 saturated heterocycles. The SMILES string of the molecule is CCCC(NC(=O)[C@@H]1CC(C)(C)CN1C(=O)[C@@H](NC(=O)O[C@@H](C)C(C)C)C1CCCCC1)C(=O)C(=O)NCC(=O)NC(C(=O)N(C)C)c1ccccc1. The lowest BCUT2D eigenvalue weighted by atomic mass is 9.83. The lowest BCUT2D eigenvalue weighted by Gasteiger charge is -2.35. The zero-order valence-corrected chi connectivity index (χ0v) is 32.7. The van der Waals surface area contributed by atoms with Crippen molar-refractivity contribution in [3.63, 3.8) is 0 Å². The second-order valence-corrected chi connectivity index (χ2v) is 15.8. The van der Waals surface area contributed by atoms with Gasteiger partial charge in [-0.15, -0.1) is 0 Å². The van der Waals surface area contributed by atoms with Crippen LogP contribution in [0.2, 0.25) is 0 Å². The maximum atomic E-state index is 14.3. The van der Waals surface area contributed by atoms with Crippen molar-refractivity contribution in [2.24, 2.45) is 17.3 Å². The molecule has 4 N–H and O–H groups in total. The van der Waals surface area contributed by atoms with E-state index in [1.165, 1.54) is 9.80 Å². The van der Waals surface area contributed by atoms with Crippen molar-refractivity contribution in [1.82, 2.24) is 31.1 Å². The molecule has 14 nitrogen and oxygen atoms in total. The molecule has 2 fully saturated rings. The van der Waals surface area contributed by atoms with Crippen LogP contribution in [0, 0.1) is 17.3 Å². The van der Waals surface area contributed by atoms with Crippen molar-refractivity contribution in [2.75, 3.05) is 27.2 Å². The molecule has 1 heterocycles. The molecule has 2 aliphatic rings. The average Bonchev–Trinajstić information content (AvgIpc) is 3.46. The molecule has 53 heavy (non-hydrogen) atoms. The second kappa shape index (κ2) is 19.5. The zero-order chi connectivity index (χ0) is 39.5. The molecule has 0 bridgehead atoms. The summed E-state index contributed by atoms with van der Waals surface area (Å²) in [5.74, 6) is -4.04. The first kappa shape index (κ1) is 42.9. The highest BCUT2D eigenvalue weighted by atomic mass is 16.6. The molecule has 1 aliphatic carbocycles. The molecule has 1 aromatic rings. The van der Waals surface area contributed by atoms with Gasteiger partial charge >= 0.3 is 6.09 Å². The minimum atomic E-state index is -1.21. The van der Waals surface area contributed by atoms with E-state index in [-0.39, 0.29) is 42.7 Å². The number of alkyl carbamates (subject to hydrolysis) is 1. The molecule has 0 aromatic heterocycles. The van der Waals surface area contributed by atoms with Crippen LogP contribution < -0.4 is 21.3 Å². The Balaban J connectivity index is 1.72. The minimum absolute atomic E-state index is 0.0841. The third-order valence-corrected chi connectivity index (χ3v) is 10.2. The largest absolute Gasteiger partial charge is 0.446 e. The van der Waals surface area contributed by atoms with Crippen molar-refractivity contribution >= 4 is 41.4 Å². The van der Waals surface area contributed by atoms with Gasteiger partial charge in [0, 0.05) is 20.6 Å². The first-order valence-corrected chi connectivity index (χ1v) is 18.9. The summed E-state index contributed by atoms with van der Waals surface area (Å²) in [6, 6.07) is 4.61. The van der Waals surface area contributed by atoms with Crippen LogP contribution in [0.4, 0.5) is 4.79 Å². The lowest BCUT2D eigenvalue weighted by molar-refractivity contribution is -0.143. The van der Waals surface area contributed by atoms with Crippen LogP contribution in [0.5, 0.6) is 0 Å². The van der Waals surface area contributed by atoms with Crippen LogP contribution >= 0.6 is 0 Å². The Bertz CT molecular complexity index is 1460. The fourth-order valence-corrected chi connectivity index (χ4v) is 6.86. The van der Waals surface area contributed by atoms with Gasteiger partial charge < -0.3 is 35.8 Å². The van der Waals surface area contributed by atoms with E-state index in [4.69, 9.17) is 4.74 Å². The summed E-state index contributed by atoms with van der Waals surface area (Å²) in [5.41, 5.74) is 0.110. The molecule has 3 rings (SSSR count). The normalized spacial score (nSPS) is 19.3. The Morgan fingerprint density at radius 1 is 0.925 bits per heavy atom. The summed E-state index contributed by atoms with van der Waals surface area (Å²) in [7, 11) is 3.12. The molecule has 6 amide bonds. The maximum absolute atomic E-state index is 14.3. The predicted octanol–water partition coefficient (Wildman–Crippen LogP) is 3.25. The highest BCUT2D eigenvalue weighted by Crippen LogP contribution is 2.36. The Morgan fingerprint density at radius 3 is 2.15 bits per heavy atom. The van der Waals surface area contributed by atoms with Crippen molar-refractivity contribution in [3.05, 3.63) is 35.9 Å². The monoisotopic (exact) mass is 740 g/mol. The first-order valence-electron chi connectivity index (χ1n) is 18.9. The van der Waals surface area contributed by atoms with E-state index in [0.29, 0.717) is 18.4 Å². The van der Waals surface area contributed by atoms with E-state index in [1.54, 1.807) is 58.3 Å². The molecular weight excluding hydrogens is 680 g/mol. The van der Waals surface area contributed by atoms with E-state index in [9.17, 15) is 33.6 Å². The minimum Gasteiger partial charge on any atom is -0.446 e. The summed E-state index contributed by atoms with van der Waals surface area (Å²) >= 11 is 0. The standard InChI is InChI=1S/C39H60N6O8/c1-9-16-28(33(47)35(49)40-22-30(46)42-31(36(50)44(7)8)26-17-12-10-13-18-26)41-34(48)29-21-39(5,6)23-45(29)37(51)32(27-19-14-11-15-20-27)43-38(52)53-25(4)24(2)3/h10,12-13,17-18,24-25,27-29,31-32H,9,11,14-16,19-23H2,1-8H3,(H,40,49)(H,41,48)(H,42,46)(H,43,52)/t25-,28?,29-,31?,32-/m0/s1. The third kappa shape index (κ3) is 12.3. The highest BCUT2D eigenvalue weighted by molar-refractivity contribution is 6.38. The van der Waals surface area contributed by atoms with E-state index < -0.39 is 65.7 Å². The van der Waals surface area contributed by atoms with E-state index in [0.717, 1.165) is 32.1 Å². The van der Waals surface area contributed by atoms with Gasteiger partial charge in [-0.1, -0.05) is 90.6 Å². The third-order valence-electron chi connectivity index (χ3n) is 10.2. The molecule has 0 radical (unpaired) electrons.